The first kappa shape index (κ1) is 15.3. The zero-order valence-corrected chi connectivity index (χ0v) is 12.3. The Balaban J connectivity index is 2.14. The number of hydrogen-bond acceptors (Lipinski definition) is 4. The Morgan fingerprint density at radius 1 is 1.29 bits per heavy atom. The molecule has 1 N–H and O–H groups in total. The summed E-state index contributed by atoms with van der Waals surface area (Å²) < 4.78 is 10.7. The number of rotatable bonds is 3. The second-order valence-electron chi connectivity index (χ2n) is 5.69. The van der Waals surface area contributed by atoms with Crippen molar-refractivity contribution < 1.29 is 24.2 Å². The average Bonchev–Trinajstić information content (AvgIpc) is 2.69. The van der Waals surface area contributed by atoms with E-state index in [2.05, 4.69) is 0 Å². The topological polar surface area (TPSA) is 76.1 Å². The predicted octanol–water partition coefficient (Wildman–Crippen LogP) is 2.23. The van der Waals surface area contributed by atoms with Crippen LogP contribution in [-0.2, 0) is 20.9 Å². The van der Waals surface area contributed by atoms with E-state index in [4.69, 9.17) is 9.47 Å². The van der Waals surface area contributed by atoms with E-state index >= 15 is 0 Å². The van der Waals surface area contributed by atoms with Gasteiger partial charge in [0.05, 0.1) is 6.61 Å². The molecule has 0 aromatic heterocycles. The van der Waals surface area contributed by atoms with Crippen molar-refractivity contribution in [3.63, 3.8) is 0 Å². The van der Waals surface area contributed by atoms with Crippen LogP contribution in [0.1, 0.15) is 26.3 Å². The van der Waals surface area contributed by atoms with Gasteiger partial charge in [-0.3, -0.25) is 4.90 Å². The van der Waals surface area contributed by atoms with Gasteiger partial charge in [0.15, 0.2) is 5.54 Å². The molecule has 1 fully saturated rings. The van der Waals surface area contributed by atoms with Crippen LogP contribution in [0.5, 0.6) is 0 Å². The van der Waals surface area contributed by atoms with Gasteiger partial charge in [0.2, 0.25) is 0 Å². The van der Waals surface area contributed by atoms with E-state index in [1.165, 1.54) is 6.92 Å². The van der Waals surface area contributed by atoms with Crippen molar-refractivity contribution in [2.45, 2.75) is 38.6 Å². The number of carboxylic acid groups (broad SMARTS) is 1. The molecule has 1 saturated heterocycles. The minimum Gasteiger partial charge on any atom is -0.479 e. The first-order chi connectivity index (χ1) is 9.77. The molecule has 0 bridgehead atoms. The molecule has 0 radical (unpaired) electrons. The lowest BCUT2D eigenvalue weighted by atomic mass is 10.0. The van der Waals surface area contributed by atoms with E-state index in [0.29, 0.717) is 0 Å². The Morgan fingerprint density at radius 3 is 2.48 bits per heavy atom. The molecular weight excluding hydrogens is 274 g/mol. The summed E-state index contributed by atoms with van der Waals surface area (Å²) in [4.78, 5) is 24.9. The zero-order chi connectivity index (χ0) is 15.7. The van der Waals surface area contributed by atoms with E-state index in [1.54, 1.807) is 13.8 Å². The fraction of sp³-hybridized carbons (Fsp3) is 0.467. The maximum atomic E-state index is 12.3. The molecule has 1 aromatic rings. The number of hydrogen-bond donors (Lipinski definition) is 1. The number of carbonyl (C=O) groups is 2. The molecule has 1 atom stereocenters. The van der Waals surface area contributed by atoms with E-state index in [0.717, 1.165) is 10.5 Å². The summed E-state index contributed by atoms with van der Waals surface area (Å²) in [5, 5.41) is 9.38. The van der Waals surface area contributed by atoms with Crippen LogP contribution < -0.4 is 0 Å². The van der Waals surface area contributed by atoms with Gasteiger partial charge in [-0.1, -0.05) is 30.3 Å². The number of nitrogens with zero attached hydrogens (tertiary/aromatic N) is 1. The highest BCUT2D eigenvalue weighted by atomic mass is 16.6. The van der Waals surface area contributed by atoms with Crippen LogP contribution >= 0.6 is 0 Å². The van der Waals surface area contributed by atoms with E-state index < -0.39 is 23.3 Å². The van der Waals surface area contributed by atoms with E-state index in [9.17, 15) is 14.7 Å². The summed E-state index contributed by atoms with van der Waals surface area (Å²) in [5.74, 6) is -1.12. The first-order valence-electron chi connectivity index (χ1n) is 6.66. The van der Waals surface area contributed by atoms with Crippen LogP contribution in [0.4, 0.5) is 4.79 Å². The first-order valence-corrected chi connectivity index (χ1v) is 6.66. The lowest BCUT2D eigenvalue weighted by Crippen LogP contribution is -2.58. The smallest absolute Gasteiger partial charge is 0.413 e. The molecule has 0 spiro atoms. The third kappa shape index (κ3) is 2.85. The van der Waals surface area contributed by atoms with E-state index in [1.807, 2.05) is 30.3 Å². The maximum Gasteiger partial charge on any atom is 0.413 e. The highest BCUT2D eigenvalue weighted by Crippen LogP contribution is 2.35. The predicted molar refractivity (Wildman–Crippen MR) is 74.5 cm³/mol. The van der Waals surface area contributed by atoms with Gasteiger partial charge in [0, 0.05) is 0 Å². The minimum absolute atomic E-state index is 0.0736. The van der Waals surface area contributed by atoms with Gasteiger partial charge in [0.1, 0.15) is 12.3 Å². The van der Waals surface area contributed by atoms with Crippen LogP contribution in [-0.4, -0.2) is 39.9 Å². The Morgan fingerprint density at radius 2 is 1.90 bits per heavy atom. The fourth-order valence-electron chi connectivity index (χ4n) is 2.40. The molecule has 2 rings (SSSR count). The van der Waals surface area contributed by atoms with Crippen LogP contribution in [0.15, 0.2) is 30.3 Å². The van der Waals surface area contributed by atoms with Gasteiger partial charge in [-0.2, -0.15) is 0 Å². The second kappa shape index (κ2) is 5.37. The van der Waals surface area contributed by atoms with Gasteiger partial charge >= 0.3 is 12.1 Å². The molecule has 0 unspecified atom stereocenters. The van der Waals surface area contributed by atoms with Gasteiger partial charge in [-0.05, 0) is 26.3 Å². The average molecular weight is 293 g/mol. The van der Waals surface area contributed by atoms with Gasteiger partial charge in [-0.25, -0.2) is 9.59 Å². The summed E-state index contributed by atoms with van der Waals surface area (Å²) in [6.07, 6.45) is -0.703. The molecule has 1 aromatic carbocycles. The summed E-state index contributed by atoms with van der Waals surface area (Å²) in [5.41, 5.74) is -1.63. The molecule has 1 amide bonds. The van der Waals surface area contributed by atoms with Crippen molar-refractivity contribution in [3.8, 4) is 0 Å². The number of aliphatic carboxylic acids is 1. The standard InChI is InChI=1S/C15H19NO5/c1-14(2)16(15(3,10-21-14)12(17)18)13(19)20-9-11-7-5-4-6-8-11/h4-8H,9-10H2,1-3H3,(H,17,18)/t15-/m1/s1. The van der Waals surface area contributed by atoms with Crippen LogP contribution in [0.2, 0.25) is 0 Å². The number of amides is 1. The van der Waals surface area contributed by atoms with E-state index in [-0.39, 0.29) is 13.2 Å². The lowest BCUT2D eigenvalue weighted by Gasteiger charge is -2.36. The van der Waals surface area contributed by atoms with Crippen LogP contribution in [0.3, 0.4) is 0 Å². The summed E-state index contributed by atoms with van der Waals surface area (Å²) >= 11 is 0. The minimum atomic E-state index is -1.43. The Kier molecular flexibility index (Phi) is 3.91. The Bertz CT molecular complexity index is 542. The fourth-order valence-corrected chi connectivity index (χ4v) is 2.40. The van der Waals surface area contributed by atoms with Crippen molar-refractivity contribution in [2.24, 2.45) is 0 Å². The molecule has 0 aliphatic carbocycles. The zero-order valence-electron chi connectivity index (χ0n) is 12.3. The Hall–Kier alpha value is -2.08. The molecular formula is C15H19NO5. The molecule has 6 heteroatoms. The highest BCUT2D eigenvalue weighted by molar-refractivity contribution is 5.85. The number of carboxylic acids is 1. The maximum absolute atomic E-state index is 12.3. The summed E-state index contributed by atoms with van der Waals surface area (Å²) in [6.45, 7) is 4.75. The monoisotopic (exact) mass is 293 g/mol. The number of benzene rings is 1. The van der Waals surface area contributed by atoms with Crippen molar-refractivity contribution in [3.05, 3.63) is 35.9 Å². The third-order valence-electron chi connectivity index (χ3n) is 3.59. The number of ether oxygens (including phenoxy) is 2. The normalized spacial score (nSPS) is 23.9. The molecule has 6 nitrogen and oxygen atoms in total. The largest absolute Gasteiger partial charge is 0.479 e. The van der Waals surface area contributed by atoms with Crippen molar-refractivity contribution in [1.29, 1.82) is 0 Å². The highest BCUT2D eigenvalue weighted by Gasteiger charge is 2.57. The quantitative estimate of drug-likeness (QED) is 0.925. The Labute approximate surface area is 123 Å². The van der Waals surface area contributed by atoms with Gasteiger partial charge in [-0.15, -0.1) is 0 Å². The summed E-state index contributed by atoms with van der Waals surface area (Å²) in [6, 6.07) is 9.20. The molecule has 0 saturated carbocycles. The SMILES string of the molecule is CC1(C)OC[C@](C)(C(=O)O)N1C(=O)OCc1ccccc1. The third-order valence-corrected chi connectivity index (χ3v) is 3.59. The van der Waals surface area contributed by atoms with Crippen molar-refractivity contribution in [2.75, 3.05) is 6.61 Å². The molecule has 1 aliphatic heterocycles. The lowest BCUT2D eigenvalue weighted by molar-refractivity contribution is -0.149. The van der Waals surface area contributed by atoms with Gasteiger partial charge < -0.3 is 14.6 Å². The van der Waals surface area contributed by atoms with Crippen LogP contribution in [0.25, 0.3) is 0 Å². The van der Waals surface area contributed by atoms with Crippen molar-refractivity contribution in [1.82, 2.24) is 4.90 Å². The van der Waals surface area contributed by atoms with Gasteiger partial charge in [0.25, 0.3) is 0 Å². The molecule has 1 aliphatic rings. The number of carbonyl (C=O) groups excluding carboxylic acids is 1. The molecule has 114 valence electrons. The summed E-state index contributed by atoms with van der Waals surface area (Å²) in [7, 11) is 0. The van der Waals surface area contributed by atoms with Crippen molar-refractivity contribution >= 4 is 12.1 Å². The van der Waals surface area contributed by atoms with Crippen LogP contribution in [0, 0.1) is 0 Å². The second-order valence-corrected chi connectivity index (χ2v) is 5.69. The molecule has 1 heterocycles. The molecule has 21 heavy (non-hydrogen) atoms.